The number of hydrogen-bond acceptors (Lipinski definition) is 2. The predicted octanol–water partition coefficient (Wildman–Crippen LogP) is 1.15. The highest BCUT2D eigenvalue weighted by Crippen LogP contribution is 2.17. The minimum Gasteiger partial charge on any atom is -0.447 e. The van der Waals surface area contributed by atoms with Gasteiger partial charge in [0.2, 0.25) is 6.10 Å². The van der Waals surface area contributed by atoms with Gasteiger partial charge < -0.3 is 4.74 Å². The van der Waals surface area contributed by atoms with Crippen LogP contribution in [0.5, 0.6) is 0 Å². The Morgan fingerprint density at radius 2 is 1.91 bits per heavy atom. The molecule has 0 amide bonds. The van der Waals surface area contributed by atoms with Crippen molar-refractivity contribution >= 4 is 5.97 Å². The summed E-state index contributed by atoms with van der Waals surface area (Å²) in [6, 6.07) is 9.87. The van der Waals surface area contributed by atoms with Gasteiger partial charge in [-0.2, -0.15) is 0 Å². The molecule has 1 fully saturated rings. The van der Waals surface area contributed by atoms with Crippen molar-refractivity contribution < 1.29 is 9.53 Å². The van der Waals surface area contributed by atoms with E-state index >= 15 is 0 Å². The summed E-state index contributed by atoms with van der Waals surface area (Å²) in [4.78, 5) is 10.5. The molecule has 1 heterocycles. The quantitative estimate of drug-likeness (QED) is 0.589. The van der Waals surface area contributed by atoms with Crippen LogP contribution in [0.2, 0.25) is 0 Å². The fourth-order valence-electron chi connectivity index (χ4n) is 1.06. The van der Waals surface area contributed by atoms with E-state index in [1.54, 1.807) is 0 Å². The van der Waals surface area contributed by atoms with Crippen LogP contribution < -0.4 is 0 Å². The number of carbonyl (C=O) groups excluding carboxylic acids is 1. The first-order chi connectivity index (χ1) is 5.36. The van der Waals surface area contributed by atoms with E-state index in [1.165, 1.54) is 0 Å². The Labute approximate surface area is 64.8 Å². The smallest absolute Gasteiger partial charge is 0.348 e. The molecule has 0 spiro atoms. The lowest BCUT2D eigenvalue weighted by Crippen LogP contribution is -1.93. The summed E-state index contributed by atoms with van der Waals surface area (Å²) in [6.07, 6.45) is 0.567. The zero-order valence-electron chi connectivity index (χ0n) is 5.99. The van der Waals surface area contributed by atoms with E-state index in [0.29, 0.717) is 0 Å². The molecule has 1 saturated heterocycles. The second-order valence-electron chi connectivity index (χ2n) is 2.62. The first-order valence-corrected chi connectivity index (χ1v) is 3.61. The molecule has 1 aliphatic heterocycles. The topological polar surface area (TPSA) is 29.6 Å². The number of carbonyl (C=O) groups is 1. The van der Waals surface area contributed by atoms with Gasteiger partial charge in [-0.05, 0) is 5.56 Å². The van der Waals surface area contributed by atoms with E-state index in [0.717, 1.165) is 12.0 Å². The third kappa shape index (κ3) is 1.40. The van der Waals surface area contributed by atoms with Crippen LogP contribution in [0.3, 0.4) is 0 Å². The van der Waals surface area contributed by atoms with E-state index in [-0.39, 0.29) is 12.1 Å². The van der Waals surface area contributed by atoms with Crippen molar-refractivity contribution in [2.24, 2.45) is 0 Å². The molecule has 2 nitrogen and oxygen atoms in total. The van der Waals surface area contributed by atoms with Crippen LogP contribution in [0.1, 0.15) is 5.56 Å². The Kier molecular flexibility index (Phi) is 1.39. The molecule has 56 valence electrons. The highest BCUT2D eigenvalue weighted by Gasteiger charge is 2.37. The molecule has 2 rings (SSSR count). The Morgan fingerprint density at radius 3 is 2.45 bits per heavy atom. The Morgan fingerprint density at radius 1 is 1.27 bits per heavy atom. The third-order valence-electron chi connectivity index (χ3n) is 1.73. The number of benzene rings is 1. The summed E-state index contributed by atoms with van der Waals surface area (Å²) in [7, 11) is 0. The molecule has 1 aromatic rings. The average molecular weight is 148 g/mol. The summed E-state index contributed by atoms with van der Waals surface area (Å²) in [5.41, 5.74) is 1.16. The number of cyclic esters (lactones) is 1. The standard InChI is InChI=1S/C9H8O2/c10-9-8(11-9)6-7-4-2-1-3-5-7/h1-5,8H,6H2. The van der Waals surface area contributed by atoms with Gasteiger partial charge in [0.1, 0.15) is 0 Å². The van der Waals surface area contributed by atoms with Crippen LogP contribution >= 0.6 is 0 Å². The second-order valence-corrected chi connectivity index (χ2v) is 2.62. The Hall–Kier alpha value is -1.31. The normalized spacial score (nSPS) is 21.1. The molecular weight excluding hydrogens is 140 g/mol. The second kappa shape index (κ2) is 2.38. The van der Waals surface area contributed by atoms with Crippen LogP contribution in [-0.4, -0.2) is 12.1 Å². The van der Waals surface area contributed by atoms with Gasteiger partial charge in [0, 0.05) is 6.42 Å². The van der Waals surface area contributed by atoms with Gasteiger partial charge >= 0.3 is 5.97 Å². The van der Waals surface area contributed by atoms with Gasteiger partial charge in [0.15, 0.2) is 0 Å². The van der Waals surface area contributed by atoms with Crippen LogP contribution in [0.25, 0.3) is 0 Å². The van der Waals surface area contributed by atoms with Crippen LogP contribution in [-0.2, 0) is 16.0 Å². The van der Waals surface area contributed by atoms with Gasteiger partial charge in [-0.25, -0.2) is 4.79 Å². The monoisotopic (exact) mass is 148 g/mol. The number of rotatable bonds is 2. The molecule has 0 saturated carbocycles. The maximum absolute atomic E-state index is 10.5. The van der Waals surface area contributed by atoms with E-state index in [2.05, 4.69) is 4.74 Å². The maximum Gasteiger partial charge on any atom is 0.348 e. The van der Waals surface area contributed by atoms with Crippen LogP contribution in [0.15, 0.2) is 30.3 Å². The fraction of sp³-hybridized carbons (Fsp3) is 0.222. The summed E-state index contributed by atoms with van der Waals surface area (Å²) in [5, 5.41) is 0. The molecule has 1 aromatic carbocycles. The molecule has 0 aliphatic carbocycles. The highest BCUT2D eigenvalue weighted by atomic mass is 16.6. The van der Waals surface area contributed by atoms with Crippen molar-refractivity contribution in [1.29, 1.82) is 0 Å². The zero-order chi connectivity index (χ0) is 7.68. The molecule has 0 aromatic heterocycles. The zero-order valence-corrected chi connectivity index (χ0v) is 5.99. The fourth-order valence-corrected chi connectivity index (χ4v) is 1.06. The van der Waals surface area contributed by atoms with E-state index in [1.807, 2.05) is 30.3 Å². The molecule has 11 heavy (non-hydrogen) atoms. The molecular formula is C9H8O2. The van der Waals surface area contributed by atoms with E-state index in [9.17, 15) is 4.79 Å². The summed E-state index contributed by atoms with van der Waals surface area (Å²) in [6.45, 7) is 0. The number of ether oxygens (including phenoxy) is 1. The molecule has 2 heteroatoms. The summed E-state index contributed by atoms with van der Waals surface area (Å²) < 4.78 is 4.68. The molecule has 0 radical (unpaired) electrons. The van der Waals surface area contributed by atoms with Crippen LogP contribution in [0, 0.1) is 0 Å². The largest absolute Gasteiger partial charge is 0.447 e. The maximum atomic E-state index is 10.5. The van der Waals surface area contributed by atoms with Gasteiger partial charge in [0.05, 0.1) is 0 Å². The lowest BCUT2D eigenvalue weighted by molar-refractivity contribution is -0.117. The lowest BCUT2D eigenvalue weighted by atomic mass is 10.1. The van der Waals surface area contributed by atoms with E-state index in [4.69, 9.17) is 0 Å². The van der Waals surface area contributed by atoms with E-state index < -0.39 is 0 Å². The Bertz CT molecular complexity index is 266. The Balaban J connectivity index is 2.02. The summed E-state index contributed by atoms with van der Waals surface area (Å²) >= 11 is 0. The summed E-state index contributed by atoms with van der Waals surface area (Å²) in [5.74, 6) is -0.0751. The lowest BCUT2D eigenvalue weighted by Gasteiger charge is -1.92. The van der Waals surface area contributed by atoms with Crippen molar-refractivity contribution in [2.45, 2.75) is 12.5 Å². The van der Waals surface area contributed by atoms with Gasteiger partial charge in [-0.1, -0.05) is 30.3 Å². The molecule has 0 bridgehead atoms. The van der Waals surface area contributed by atoms with Crippen molar-refractivity contribution in [3.63, 3.8) is 0 Å². The first-order valence-electron chi connectivity index (χ1n) is 3.61. The molecule has 1 unspecified atom stereocenters. The van der Waals surface area contributed by atoms with Crippen LogP contribution in [0.4, 0.5) is 0 Å². The SMILES string of the molecule is O=C1OC1Cc1ccccc1. The minimum absolute atomic E-state index is 0.0751. The van der Waals surface area contributed by atoms with Crippen molar-refractivity contribution in [3.05, 3.63) is 35.9 Å². The van der Waals surface area contributed by atoms with Gasteiger partial charge in [-0.3, -0.25) is 0 Å². The predicted molar refractivity (Wildman–Crippen MR) is 40.0 cm³/mol. The average Bonchev–Trinajstić information content (AvgIpc) is 2.69. The highest BCUT2D eigenvalue weighted by molar-refractivity contribution is 5.87. The van der Waals surface area contributed by atoms with Gasteiger partial charge in [-0.15, -0.1) is 0 Å². The minimum atomic E-state index is -0.155. The molecule has 0 N–H and O–H groups in total. The number of epoxide rings is 1. The first kappa shape index (κ1) is 6.40. The van der Waals surface area contributed by atoms with Gasteiger partial charge in [0.25, 0.3) is 0 Å². The number of hydrogen-bond donors (Lipinski definition) is 0. The van der Waals surface area contributed by atoms with Crippen molar-refractivity contribution in [2.75, 3.05) is 0 Å². The third-order valence-corrected chi connectivity index (χ3v) is 1.73. The van der Waals surface area contributed by atoms with Crippen molar-refractivity contribution in [1.82, 2.24) is 0 Å². The molecule has 1 aliphatic rings. The van der Waals surface area contributed by atoms with Crippen molar-refractivity contribution in [3.8, 4) is 0 Å². The molecule has 1 atom stereocenters.